The lowest BCUT2D eigenvalue weighted by Gasteiger charge is -2.22. The van der Waals surface area contributed by atoms with Crippen LogP contribution in [0.1, 0.15) is 12.0 Å². The van der Waals surface area contributed by atoms with Gasteiger partial charge < -0.3 is 10.2 Å². The van der Waals surface area contributed by atoms with Crippen LogP contribution in [-0.2, 0) is 26.0 Å². The molecule has 1 N–H and O–H groups in total. The van der Waals surface area contributed by atoms with Crippen molar-refractivity contribution < 1.29 is 18.0 Å². The van der Waals surface area contributed by atoms with Gasteiger partial charge in [-0.05, 0) is 23.8 Å². The van der Waals surface area contributed by atoms with Crippen LogP contribution >= 0.6 is 11.6 Å². The molecule has 0 aromatic heterocycles. The maximum atomic E-state index is 12.4. The van der Waals surface area contributed by atoms with Crippen LogP contribution in [0.3, 0.4) is 0 Å². The van der Waals surface area contributed by atoms with Gasteiger partial charge in [0.1, 0.15) is 6.54 Å². The van der Waals surface area contributed by atoms with Crippen molar-refractivity contribution in [2.45, 2.75) is 17.9 Å². The van der Waals surface area contributed by atoms with E-state index in [2.05, 4.69) is 5.32 Å². The minimum atomic E-state index is -3.55. The van der Waals surface area contributed by atoms with Crippen molar-refractivity contribution in [3.63, 3.8) is 0 Å². The summed E-state index contributed by atoms with van der Waals surface area (Å²) in [5.74, 6) is -1.06. The Morgan fingerprint density at radius 3 is 2.58 bits per heavy atom. The van der Waals surface area contributed by atoms with E-state index in [1.54, 1.807) is 30.3 Å². The van der Waals surface area contributed by atoms with E-state index in [1.165, 1.54) is 17.0 Å². The molecule has 136 valence electrons. The van der Waals surface area contributed by atoms with E-state index in [9.17, 15) is 18.0 Å². The number of fused-ring (bicyclic) bond motifs is 1. The molecule has 0 atom stereocenters. The highest BCUT2D eigenvalue weighted by molar-refractivity contribution is 7.91. The molecule has 0 unspecified atom stereocenters. The average Bonchev–Trinajstić information content (AvgIpc) is 2.72. The summed E-state index contributed by atoms with van der Waals surface area (Å²) in [7, 11) is -3.55. The number of para-hydroxylation sites is 1. The van der Waals surface area contributed by atoms with Crippen LogP contribution in [0.15, 0.2) is 53.4 Å². The highest BCUT2D eigenvalue weighted by Crippen LogP contribution is 2.29. The van der Waals surface area contributed by atoms with Crippen molar-refractivity contribution in [2.75, 3.05) is 17.2 Å². The fraction of sp³-hybridized carbons (Fsp3) is 0.222. The number of nitrogens with one attached hydrogen (secondary N) is 1. The lowest BCUT2D eigenvalue weighted by molar-refractivity contribution is -0.123. The number of hydrogen-bond acceptors (Lipinski definition) is 4. The summed E-state index contributed by atoms with van der Waals surface area (Å²) in [6, 6.07) is 13.4. The molecule has 0 radical (unpaired) electrons. The van der Waals surface area contributed by atoms with Gasteiger partial charge in [-0.15, -0.1) is 0 Å². The molecule has 8 heteroatoms. The molecule has 26 heavy (non-hydrogen) atoms. The molecule has 2 aromatic rings. The van der Waals surface area contributed by atoms with Gasteiger partial charge in [-0.25, -0.2) is 8.42 Å². The number of benzene rings is 2. The van der Waals surface area contributed by atoms with Gasteiger partial charge in [-0.2, -0.15) is 0 Å². The third kappa shape index (κ3) is 3.89. The number of carbonyl (C=O) groups is 2. The molecule has 2 aromatic carbocycles. The maximum Gasteiger partial charge on any atom is 0.240 e. The first kappa shape index (κ1) is 18.4. The SMILES string of the molecule is O=C(CN1C(=O)CCS(=O)(=O)c2ccccc21)NCc1ccccc1Cl. The lowest BCUT2D eigenvalue weighted by atomic mass is 10.2. The van der Waals surface area contributed by atoms with Crippen molar-refractivity contribution in [2.24, 2.45) is 0 Å². The Morgan fingerprint density at radius 1 is 1.12 bits per heavy atom. The number of amides is 2. The largest absolute Gasteiger partial charge is 0.350 e. The van der Waals surface area contributed by atoms with Crippen LogP contribution in [0, 0.1) is 0 Å². The van der Waals surface area contributed by atoms with E-state index < -0.39 is 21.7 Å². The summed E-state index contributed by atoms with van der Waals surface area (Å²) in [6.07, 6.45) is -0.158. The molecule has 0 fully saturated rings. The Kier molecular flexibility index (Phi) is 5.29. The zero-order valence-corrected chi connectivity index (χ0v) is 15.4. The molecule has 0 saturated carbocycles. The number of hydrogen-bond donors (Lipinski definition) is 1. The van der Waals surface area contributed by atoms with Crippen molar-refractivity contribution in [1.82, 2.24) is 5.32 Å². The normalized spacial score (nSPS) is 15.9. The van der Waals surface area contributed by atoms with Crippen LogP contribution < -0.4 is 10.2 Å². The summed E-state index contributed by atoms with van der Waals surface area (Å²) >= 11 is 6.06. The first-order valence-corrected chi connectivity index (χ1v) is 10.0. The second-order valence-corrected chi connectivity index (χ2v) is 8.37. The summed E-state index contributed by atoms with van der Waals surface area (Å²) in [5.41, 5.74) is 0.996. The number of nitrogens with zero attached hydrogens (tertiary/aromatic N) is 1. The monoisotopic (exact) mass is 392 g/mol. The number of anilines is 1. The Balaban J connectivity index is 1.78. The molecule has 3 rings (SSSR count). The minimum Gasteiger partial charge on any atom is -0.350 e. The van der Waals surface area contributed by atoms with E-state index in [-0.39, 0.29) is 35.8 Å². The van der Waals surface area contributed by atoms with Crippen LogP contribution in [0.2, 0.25) is 5.02 Å². The van der Waals surface area contributed by atoms with Gasteiger partial charge >= 0.3 is 0 Å². The predicted octanol–water partition coefficient (Wildman–Crippen LogP) is 2.17. The molecule has 1 aliphatic rings. The van der Waals surface area contributed by atoms with E-state index in [1.807, 2.05) is 6.07 Å². The lowest BCUT2D eigenvalue weighted by Crippen LogP contribution is -2.40. The standard InChI is InChI=1S/C18H17ClN2O4S/c19-14-6-2-1-5-13(14)11-20-17(22)12-21-15-7-3-4-8-16(15)26(24,25)10-9-18(21)23/h1-8H,9-12H2,(H,20,22). The summed E-state index contributed by atoms with van der Waals surface area (Å²) in [5, 5.41) is 3.25. The highest BCUT2D eigenvalue weighted by Gasteiger charge is 2.31. The second kappa shape index (κ2) is 7.47. The quantitative estimate of drug-likeness (QED) is 0.864. The van der Waals surface area contributed by atoms with Crippen molar-refractivity contribution in [3.05, 3.63) is 59.1 Å². The number of halogens is 1. The van der Waals surface area contributed by atoms with Gasteiger partial charge in [0.25, 0.3) is 0 Å². The third-order valence-corrected chi connectivity index (χ3v) is 6.24. The molecule has 1 aliphatic heterocycles. The average molecular weight is 393 g/mol. The van der Waals surface area contributed by atoms with Gasteiger partial charge in [-0.3, -0.25) is 9.59 Å². The van der Waals surface area contributed by atoms with Gasteiger partial charge in [-0.1, -0.05) is 41.9 Å². The first-order chi connectivity index (χ1) is 12.4. The second-order valence-electron chi connectivity index (χ2n) is 5.88. The summed E-state index contributed by atoms with van der Waals surface area (Å²) in [6.45, 7) is -0.0314. The highest BCUT2D eigenvalue weighted by atomic mass is 35.5. The van der Waals surface area contributed by atoms with Crippen molar-refractivity contribution in [3.8, 4) is 0 Å². The summed E-state index contributed by atoms with van der Waals surface area (Å²) < 4.78 is 24.6. The van der Waals surface area contributed by atoms with Crippen molar-refractivity contribution >= 4 is 38.9 Å². The van der Waals surface area contributed by atoms with Crippen LogP contribution in [0.4, 0.5) is 5.69 Å². The topological polar surface area (TPSA) is 83.6 Å². The third-order valence-electron chi connectivity index (χ3n) is 4.11. The van der Waals surface area contributed by atoms with Gasteiger partial charge in [0, 0.05) is 18.0 Å². The predicted molar refractivity (Wildman–Crippen MR) is 98.8 cm³/mol. The van der Waals surface area contributed by atoms with Gasteiger partial charge in [0.05, 0.1) is 16.3 Å². The molecule has 6 nitrogen and oxygen atoms in total. The molecule has 1 heterocycles. The van der Waals surface area contributed by atoms with E-state index in [0.717, 1.165) is 5.56 Å². The van der Waals surface area contributed by atoms with Crippen LogP contribution in [0.5, 0.6) is 0 Å². The number of rotatable bonds is 4. The number of carbonyl (C=O) groups excluding carboxylic acids is 2. The zero-order valence-electron chi connectivity index (χ0n) is 13.8. The van der Waals surface area contributed by atoms with E-state index in [0.29, 0.717) is 5.02 Å². The van der Waals surface area contributed by atoms with E-state index >= 15 is 0 Å². The molecule has 0 saturated heterocycles. The molecule has 0 aliphatic carbocycles. The van der Waals surface area contributed by atoms with Crippen LogP contribution in [0.25, 0.3) is 0 Å². The Hall–Kier alpha value is -2.38. The molecular formula is C18H17ClN2O4S. The first-order valence-electron chi connectivity index (χ1n) is 8.01. The van der Waals surface area contributed by atoms with Crippen LogP contribution in [-0.4, -0.2) is 32.5 Å². The fourth-order valence-electron chi connectivity index (χ4n) is 2.75. The summed E-state index contributed by atoms with van der Waals surface area (Å²) in [4.78, 5) is 26.0. The van der Waals surface area contributed by atoms with Gasteiger partial charge in [0.2, 0.25) is 11.8 Å². The van der Waals surface area contributed by atoms with Gasteiger partial charge in [0.15, 0.2) is 9.84 Å². The number of sulfone groups is 1. The zero-order chi connectivity index (χ0) is 18.7. The fourth-order valence-corrected chi connectivity index (χ4v) is 4.40. The maximum absolute atomic E-state index is 12.4. The molecular weight excluding hydrogens is 376 g/mol. The Bertz CT molecular complexity index is 959. The minimum absolute atomic E-state index is 0.0738. The Morgan fingerprint density at radius 2 is 1.81 bits per heavy atom. The molecule has 2 amide bonds. The molecule has 0 spiro atoms. The molecule has 0 bridgehead atoms. The Labute approximate surface area is 156 Å². The van der Waals surface area contributed by atoms with Crippen molar-refractivity contribution in [1.29, 1.82) is 0 Å². The van der Waals surface area contributed by atoms with E-state index in [4.69, 9.17) is 11.6 Å². The smallest absolute Gasteiger partial charge is 0.240 e.